The second kappa shape index (κ2) is 10.1. The van der Waals surface area contributed by atoms with Crippen LogP contribution >= 0.6 is 0 Å². The number of pyridine rings is 1. The molecule has 0 aliphatic carbocycles. The smallest absolute Gasteiger partial charge is 0.241 e. The molecule has 9 nitrogen and oxygen atoms in total. The quantitative estimate of drug-likeness (QED) is 0.508. The molecule has 140 valence electrons. The largest absolute Gasteiger partial charge is 0.357 e. The Hall–Kier alpha value is -2.97. The lowest BCUT2D eigenvalue weighted by Gasteiger charge is -2.18. The van der Waals surface area contributed by atoms with Crippen LogP contribution in [0.25, 0.3) is 0 Å². The highest BCUT2D eigenvalue weighted by atomic mass is 16.2. The second-order valence-corrected chi connectivity index (χ2v) is 5.73. The molecule has 2 aromatic heterocycles. The predicted octanol–water partition coefficient (Wildman–Crippen LogP) is -0.0337. The average Bonchev–Trinajstić information content (AvgIpc) is 3.07. The lowest BCUT2D eigenvalue weighted by molar-refractivity contribution is -0.128. The zero-order valence-corrected chi connectivity index (χ0v) is 15.5. The van der Waals surface area contributed by atoms with Crippen molar-refractivity contribution >= 4 is 11.9 Å². The van der Waals surface area contributed by atoms with Crippen LogP contribution in [0.5, 0.6) is 0 Å². The van der Waals surface area contributed by atoms with E-state index in [-0.39, 0.29) is 12.5 Å². The zero-order valence-electron chi connectivity index (χ0n) is 15.5. The van der Waals surface area contributed by atoms with Crippen LogP contribution in [0, 0.1) is 0 Å². The molecule has 0 aromatic carbocycles. The van der Waals surface area contributed by atoms with Gasteiger partial charge in [-0.3, -0.25) is 14.5 Å². The lowest BCUT2D eigenvalue weighted by Crippen LogP contribution is -2.44. The predicted molar refractivity (Wildman–Crippen MR) is 99.4 cm³/mol. The Kier molecular flexibility index (Phi) is 7.53. The lowest BCUT2D eigenvalue weighted by atomic mass is 10.2. The maximum atomic E-state index is 12.3. The summed E-state index contributed by atoms with van der Waals surface area (Å²) in [7, 11) is 3.61. The Morgan fingerprint density at radius 2 is 2.15 bits per heavy atom. The molecular weight excluding hydrogens is 332 g/mol. The normalized spacial score (nSPS) is 11.3. The molecule has 9 heteroatoms. The molecule has 0 saturated carbocycles. The van der Waals surface area contributed by atoms with Crippen LogP contribution in [0.1, 0.15) is 18.4 Å². The van der Waals surface area contributed by atoms with Crippen LogP contribution in [0.2, 0.25) is 0 Å². The van der Waals surface area contributed by atoms with Gasteiger partial charge in [0, 0.05) is 45.5 Å². The van der Waals surface area contributed by atoms with E-state index in [9.17, 15) is 4.79 Å². The van der Waals surface area contributed by atoms with Crippen molar-refractivity contribution in [2.45, 2.75) is 19.9 Å². The van der Waals surface area contributed by atoms with Gasteiger partial charge in [-0.25, -0.2) is 9.98 Å². The number of rotatable bonds is 8. The molecule has 2 N–H and O–H groups in total. The number of nitrogens with zero attached hydrogens (tertiary/aromatic N) is 6. The summed E-state index contributed by atoms with van der Waals surface area (Å²) < 4.78 is 1.67. The van der Waals surface area contributed by atoms with E-state index in [0.717, 1.165) is 17.9 Å². The van der Waals surface area contributed by atoms with Gasteiger partial charge in [0.15, 0.2) is 5.96 Å². The summed E-state index contributed by atoms with van der Waals surface area (Å²) in [4.78, 5) is 26.8. The van der Waals surface area contributed by atoms with Crippen molar-refractivity contribution in [3.63, 3.8) is 0 Å². The van der Waals surface area contributed by atoms with Crippen molar-refractivity contribution in [3.05, 3.63) is 42.2 Å². The van der Waals surface area contributed by atoms with E-state index in [4.69, 9.17) is 0 Å². The van der Waals surface area contributed by atoms with E-state index in [1.807, 2.05) is 32.2 Å². The van der Waals surface area contributed by atoms with E-state index in [0.29, 0.717) is 25.6 Å². The summed E-state index contributed by atoms with van der Waals surface area (Å²) >= 11 is 0. The third-order valence-electron chi connectivity index (χ3n) is 3.79. The monoisotopic (exact) mass is 358 g/mol. The number of aliphatic imine (C=N–C) groups is 1. The van der Waals surface area contributed by atoms with Gasteiger partial charge in [0.25, 0.3) is 0 Å². The van der Waals surface area contributed by atoms with Crippen molar-refractivity contribution in [2.75, 3.05) is 26.7 Å². The van der Waals surface area contributed by atoms with E-state index in [1.54, 1.807) is 22.8 Å². The fourth-order valence-corrected chi connectivity index (χ4v) is 2.20. The number of amides is 1. The number of aromatic nitrogens is 4. The highest BCUT2D eigenvalue weighted by Gasteiger charge is 2.10. The average molecular weight is 358 g/mol. The molecule has 0 radical (unpaired) electrons. The van der Waals surface area contributed by atoms with Gasteiger partial charge in [0.05, 0.1) is 6.54 Å². The molecule has 0 aliphatic heterocycles. The third kappa shape index (κ3) is 6.15. The SMILES string of the molecule is CCNC(=NCc1ncnn1C)NCC(=O)N(C)CCc1ccccn1. The van der Waals surface area contributed by atoms with Gasteiger partial charge in [-0.05, 0) is 19.1 Å². The number of aryl methyl sites for hydroxylation is 1. The van der Waals surface area contributed by atoms with Crippen molar-refractivity contribution in [1.29, 1.82) is 0 Å². The molecule has 0 spiro atoms. The Labute approximate surface area is 153 Å². The summed E-state index contributed by atoms with van der Waals surface area (Å²) in [5.74, 6) is 1.31. The molecule has 0 atom stereocenters. The van der Waals surface area contributed by atoms with E-state index in [2.05, 4.69) is 30.7 Å². The Morgan fingerprint density at radius 1 is 1.31 bits per heavy atom. The van der Waals surface area contributed by atoms with Crippen LogP contribution in [0.3, 0.4) is 0 Å². The molecular formula is C17H26N8O. The standard InChI is InChI=1S/C17H26N8O/c1-4-18-17(20-11-15-22-13-23-25(15)3)21-12-16(26)24(2)10-8-14-7-5-6-9-19-14/h5-7,9,13H,4,8,10-12H2,1-3H3,(H2,18,20,21). The van der Waals surface area contributed by atoms with Crippen LogP contribution in [-0.2, 0) is 24.8 Å². The van der Waals surface area contributed by atoms with Crippen LogP contribution in [-0.4, -0.2) is 63.2 Å². The molecule has 2 heterocycles. The minimum Gasteiger partial charge on any atom is -0.357 e. The number of nitrogens with one attached hydrogen (secondary N) is 2. The Bertz CT molecular complexity index is 713. The molecule has 2 aromatic rings. The summed E-state index contributed by atoms with van der Waals surface area (Å²) in [5, 5.41) is 10.2. The molecule has 0 bridgehead atoms. The van der Waals surface area contributed by atoms with Gasteiger partial charge in [-0.15, -0.1) is 0 Å². The molecule has 2 rings (SSSR count). The minimum absolute atomic E-state index is 0.00908. The van der Waals surface area contributed by atoms with Crippen LogP contribution < -0.4 is 10.6 Å². The molecule has 1 amide bonds. The van der Waals surface area contributed by atoms with Crippen LogP contribution in [0.15, 0.2) is 35.7 Å². The summed E-state index contributed by atoms with van der Waals surface area (Å²) in [5.41, 5.74) is 0.971. The van der Waals surface area contributed by atoms with Gasteiger partial charge < -0.3 is 15.5 Å². The van der Waals surface area contributed by atoms with E-state index in [1.165, 1.54) is 6.33 Å². The number of hydrogen-bond acceptors (Lipinski definition) is 5. The summed E-state index contributed by atoms with van der Waals surface area (Å²) in [6.45, 7) is 3.84. The number of carbonyl (C=O) groups excluding carboxylic acids is 1. The second-order valence-electron chi connectivity index (χ2n) is 5.73. The van der Waals surface area contributed by atoms with Gasteiger partial charge in [0.1, 0.15) is 18.7 Å². The molecule has 0 fully saturated rings. The third-order valence-corrected chi connectivity index (χ3v) is 3.79. The first-order chi connectivity index (χ1) is 12.6. The molecule has 26 heavy (non-hydrogen) atoms. The summed E-state index contributed by atoms with van der Waals surface area (Å²) in [6, 6.07) is 5.78. The van der Waals surface area contributed by atoms with Crippen LogP contribution in [0.4, 0.5) is 0 Å². The molecule has 0 unspecified atom stereocenters. The summed E-state index contributed by atoms with van der Waals surface area (Å²) in [6.07, 6.45) is 3.98. The zero-order chi connectivity index (χ0) is 18.8. The maximum absolute atomic E-state index is 12.3. The highest BCUT2D eigenvalue weighted by Crippen LogP contribution is 1.97. The molecule has 0 aliphatic rings. The fourth-order valence-electron chi connectivity index (χ4n) is 2.20. The number of hydrogen-bond donors (Lipinski definition) is 2. The van der Waals surface area contributed by atoms with Crippen molar-refractivity contribution < 1.29 is 4.79 Å². The first-order valence-corrected chi connectivity index (χ1v) is 8.59. The maximum Gasteiger partial charge on any atom is 0.241 e. The first-order valence-electron chi connectivity index (χ1n) is 8.59. The van der Waals surface area contributed by atoms with E-state index < -0.39 is 0 Å². The van der Waals surface area contributed by atoms with E-state index >= 15 is 0 Å². The highest BCUT2D eigenvalue weighted by molar-refractivity contribution is 5.86. The van der Waals surface area contributed by atoms with Gasteiger partial charge >= 0.3 is 0 Å². The Morgan fingerprint density at radius 3 is 2.81 bits per heavy atom. The fraction of sp³-hybridized carbons (Fsp3) is 0.471. The van der Waals surface area contributed by atoms with Crippen molar-refractivity contribution in [1.82, 2.24) is 35.3 Å². The Balaban J connectivity index is 1.81. The minimum atomic E-state index is -0.00908. The van der Waals surface area contributed by atoms with Gasteiger partial charge in [0.2, 0.25) is 5.91 Å². The molecule has 0 saturated heterocycles. The van der Waals surface area contributed by atoms with Crippen molar-refractivity contribution in [3.8, 4) is 0 Å². The van der Waals surface area contributed by atoms with Gasteiger partial charge in [-0.1, -0.05) is 6.07 Å². The van der Waals surface area contributed by atoms with Gasteiger partial charge in [-0.2, -0.15) is 5.10 Å². The number of guanidine groups is 1. The number of likely N-dealkylation sites (N-methyl/N-ethyl adjacent to an activating group) is 1. The number of carbonyl (C=O) groups is 1. The van der Waals surface area contributed by atoms with Crippen molar-refractivity contribution in [2.24, 2.45) is 12.0 Å². The topological polar surface area (TPSA) is 100 Å². The first kappa shape index (κ1) is 19.4.